The molecule has 2 aromatic rings. The molecule has 1 saturated heterocycles. The number of thiazole rings is 1. The van der Waals surface area contributed by atoms with Crippen molar-refractivity contribution >= 4 is 32.7 Å². The molecule has 1 N–H and O–H groups in total. The lowest BCUT2D eigenvalue weighted by molar-refractivity contribution is -0.122. The van der Waals surface area contributed by atoms with Crippen LogP contribution in [0.4, 0.5) is 5.13 Å². The standard InChI is InChI=1S/C17H25N5O3S/c1-4-7-21-15(24)13-14(19-16(26-13)20-8-5-6-9-20)22(17(21)25)10-12(23)18-11(2)3/h11H,4-10H2,1-3H3,(H,18,23). The van der Waals surface area contributed by atoms with Crippen LogP contribution in [0.3, 0.4) is 0 Å². The summed E-state index contributed by atoms with van der Waals surface area (Å²) in [5.41, 5.74) is -0.463. The maximum absolute atomic E-state index is 12.8. The normalized spacial score (nSPS) is 14.5. The van der Waals surface area contributed by atoms with E-state index in [1.165, 1.54) is 20.5 Å². The quantitative estimate of drug-likeness (QED) is 0.813. The molecule has 0 bridgehead atoms. The number of carbonyl (C=O) groups excluding carboxylic acids is 1. The molecule has 8 nitrogen and oxygen atoms in total. The fraction of sp³-hybridized carbons (Fsp3) is 0.647. The molecular weight excluding hydrogens is 354 g/mol. The van der Waals surface area contributed by atoms with Gasteiger partial charge in [-0.05, 0) is 33.1 Å². The Morgan fingerprint density at radius 3 is 2.54 bits per heavy atom. The molecule has 9 heteroatoms. The topological polar surface area (TPSA) is 89.2 Å². The van der Waals surface area contributed by atoms with Gasteiger partial charge in [-0.3, -0.25) is 18.7 Å². The lowest BCUT2D eigenvalue weighted by Gasteiger charge is -2.13. The molecule has 0 atom stereocenters. The lowest BCUT2D eigenvalue weighted by atomic mass is 10.4. The third-order valence-corrected chi connectivity index (χ3v) is 5.42. The molecule has 0 saturated carbocycles. The van der Waals surface area contributed by atoms with Gasteiger partial charge in [0.2, 0.25) is 5.91 Å². The van der Waals surface area contributed by atoms with Gasteiger partial charge < -0.3 is 10.2 Å². The van der Waals surface area contributed by atoms with Crippen LogP contribution in [0.15, 0.2) is 9.59 Å². The van der Waals surface area contributed by atoms with E-state index in [0.717, 1.165) is 31.1 Å². The molecule has 2 aromatic heterocycles. The van der Waals surface area contributed by atoms with Gasteiger partial charge in [0, 0.05) is 25.7 Å². The molecule has 142 valence electrons. The van der Waals surface area contributed by atoms with Gasteiger partial charge in [-0.25, -0.2) is 9.78 Å². The highest BCUT2D eigenvalue weighted by Gasteiger charge is 2.22. The summed E-state index contributed by atoms with van der Waals surface area (Å²) in [5, 5.41) is 3.54. The van der Waals surface area contributed by atoms with Crippen molar-refractivity contribution in [2.24, 2.45) is 0 Å². The highest BCUT2D eigenvalue weighted by atomic mass is 32.1. The zero-order chi connectivity index (χ0) is 18.8. The molecule has 0 spiro atoms. The molecule has 0 aromatic carbocycles. The number of rotatable bonds is 6. The summed E-state index contributed by atoms with van der Waals surface area (Å²) in [7, 11) is 0. The van der Waals surface area contributed by atoms with Crippen molar-refractivity contribution in [3.63, 3.8) is 0 Å². The average molecular weight is 379 g/mol. The number of anilines is 1. The number of fused-ring (bicyclic) bond motifs is 1. The number of carbonyl (C=O) groups is 1. The van der Waals surface area contributed by atoms with E-state index < -0.39 is 5.69 Å². The second kappa shape index (κ2) is 7.61. The number of hydrogen-bond acceptors (Lipinski definition) is 6. The minimum atomic E-state index is -0.471. The Morgan fingerprint density at radius 1 is 1.23 bits per heavy atom. The summed E-state index contributed by atoms with van der Waals surface area (Å²) in [5.74, 6) is -0.263. The minimum absolute atomic E-state index is 0.0224. The Balaban J connectivity index is 2.14. The Hall–Kier alpha value is -2.16. The third-order valence-electron chi connectivity index (χ3n) is 4.33. The first kappa shape index (κ1) is 18.6. The van der Waals surface area contributed by atoms with Crippen molar-refractivity contribution in [3.8, 4) is 0 Å². The summed E-state index contributed by atoms with van der Waals surface area (Å²) < 4.78 is 2.99. The zero-order valence-corrected chi connectivity index (χ0v) is 16.3. The zero-order valence-electron chi connectivity index (χ0n) is 15.4. The van der Waals surface area contributed by atoms with Gasteiger partial charge >= 0.3 is 5.69 Å². The van der Waals surface area contributed by atoms with E-state index in [9.17, 15) is 14.4 Å². The summed E-state index contributed by atoms with van der Waals surface area (Å²) >= 11 is 1.32. The van der Waals surface area contributed by atoms with E-state index in [1.807, 2.05) is 20.8 Å². The molecule has 1 aliphatic rings. The predicted octanol–water partition coefficient (Wildman–Crippen LogP) is 1.15. The van der Waals surface area contributed by atoms with Crippen molar-refractivity contribution < 1.29 is 4.79 Å². The van der Waals surface area contributed by atoms with Gasteiger partial charge in [-0.2, -0.15) is 0 Å². The Labute approximate surface area is 155 Å². The number of hydrogen-bond donors (Lipinski definition) is 1. The van der Waals surface area contributed by atoms with Crippen molar-refractivity contribution in [3.05, 3.63) is 20.8 Å². The van der Waals surface area contributed by atoms with Crippen LogP contribution in [0.2, 0.25) is 0 Å². The summed E-state index contributed by atoms with van der Waals surface area (Å²) in [6, 6.07) is -0.0224. The average Bonchev–Trinajstić information content (AvgIpc) is 3.23. The fourth-order valence-corrected chi connectivity index (χ4v) is 4.26. The largest absolute Gasteiger partial charge is 0.352 e. The SMILES string of the molecule is CCCn1c(=O)c2sc(N3CCCC3)nc2n(CC(=O)NC(C)C)c1=O. The van der Waals surface area contributed by atoms with E-state index in [-0.39, 0.29) is 24.1 Å². The summed E-state index contributed by atoms with van der Waals surface area (Å²) in [6.07, 6.45) is 2.86. The maximum Gasteiger partial charge on any atom is 0.333 e. The molecular formula is C17H25N5O3S. The summed E-state index contributed by atoms with van der Waals surface area (Å²) in [6.45, 7) is 7.64. The highest BCUT2D eigenvalue weighted by Crippen LogP contribution is 2.28. The van der Waals surface area contributed by atoms with Gasteiger partial charge in [0.05, 0.1) is 0 Å². The van der Waals surface area contributed by atoms with Crippen LogP contribution >= 0.6 is 11.3 Å². The molecule has 0 radical (unpaired) electrons. The second-order valence-corrected chi connectivity index (χ2v) is 7.87. The fourth-order valence-electron chi connectivity index (χ4n) is 3.19. The molecule has 3 rings (SSSR count). The van der Waals surface area contributed by atoms with E-state index in [0.29, 0.717) is 23.3 Å². The van der Waals surface area contributed by atoms with Gasteiger partial charge in [0.15, 0.2) is 10.8 Å². The predicted molar refractivity (Wildman–Crippen MR) is 103 cm³/mol. The van der Waals surface area contributed by atoms with Gasteiger partial charge in [-0.15, -0.1) is 0 Å². The van der Waals surface area contributed by atoms with Crippen LogP contribution in [-0.4, -0.2) is 39.2 Å². The van der Waals surface area contributed by atoms with E-state index in [1.54, 1.807) is 0 Å². The molecule has 3 heterocycles. The van der Waals surface area contributed by atoms with Crippen molar-refractivity contribution in [1.29, 1.82) is 0 Å². The first-order valence-corrected chi connectivity index (χ1v) is 9.92. The molecule has 26 heavy (non-hydrogen) atoms. The van der Waals surface area contributed by atoms with Crippen molar-refractivity contribution in [2.75, 3.05) is 18.0 Å². The van der Waals surface area contributed by atoms with Crippen LogP contribution in [0.5, 0.6) is 0 Å². The molecule has 1 fully saturated rings. The summed E-state index contributed by atoms with van der Waals surface area (Å²) in [4.78, 5) is 44.6. The maximum atomic E-state index is 12.8. The van der Waals surface area contributed by atoms with E-state index in [4.69, 9.17) is 0 Å². The smallest absolute Gasteiger partial charge is 0.333 e. The first-order chi connectivity index (χ1) is 12.4. The van der Waals surface area contributed by atoms with Gasteiger partial charge in [0.1, 0.15) is 11.2 Å². The molecule has 1 amide bonds. The minimum Gasteiger partial charge on any atom is -0.352 e. The number of nitrogens with one attached hydrogen (secondary N) is 1. The first-order valence-electron chi connectivity index (χ1n) is 9.10. The third kappa shape index (κ3) is 3.53. The molecule has 0 unspecified atom stereocenters. The van der Waals surface area contributed by atoms with Gasteiger partial charge in [0.25, 0.3) is 5.56 Å². The molecule has 0 aliphatic carbocycles. The molecule has 1 aliphatic heterocycles. The van der Waals surface area contributed by atoms with Crippen LogP contribution in [0, 0.1) is 0 Å². The Bertz CT molecular complexity index is 921. The monoisotopic (exact) mass is 379 g/mol. The van der Waals surface area contributed by atoms with Crippen LogP contribution in [0.1, 0.15) is 40.0 Å². The Kier molecular flexibility index (Phi) is 5.45. The lowest BCUT2D eigenvalue weighted by Crippen LogP contribution is -2.43. The number of nitrogens with zero attached hydrogens (tertiary/aromatic N) is 4. The van der Waals surface area contributed by atoms with Crippen molar-refractivity contribution in [1.82, 2.24) is 19.4 Å². The van der Waals surface area contributed by atoms with Gasteiger partial charge in [-0.1, -0.05) is 18.3 Å². The van der Waals surface area contributed by atoms with E-state index >= 15 is 0 Å². The number of aromatic nitrogens is 3. The van der Waals surface area contributed by atoms with Crippen LogP contribution < -0.4 is 21.5 Å². The number of amides is 1. The highest BCUT2D eigenvalue weighted by molar-refractivity contribution is 7.22. The second-order valence-electron chi connectivity index (χ2n) is 6.89. The van der Waals surface area contributed by atoms with Crippen LogP contribution in [-0.2, 0) is 17.9 Å². The van der Waals surface area contributed by atoms with Crippen LogP contribution in [0.25, 0.3) is 10.3 Å². The Morgan fingerprint density at radius 2 is 1.92 bits per heavy atom. The van der Waals surface area contributed by atoms with Crippen molar-refractivity contribution in [2.45, 2.75) is 59.2 Å². The van der Waals surface area contributed by atoms with E-state index in [2.05, 4.69) is 15.2 Å².